The highest BCUT2D eigenvalue weighted by molar-refractivity contribution is 6.42. The van der Waals surface area contributed by atoms with Gasteiger partial charge in [0.15, 0.2) is 0 Å². The smallest absolute Gasteiger partial charge is 0.150 e. The molecule has 0 radical (unpaired) electrons. The Morgan fingerprint density at radius 1 is 1.33 bits per heavy atom. The van der Waals surface area contributed by atoms with Gasteiger partial charge < -0.3 is 10.4 Å². The van der Waals surface area contributed by atoms with Crippen LogP contribution in [0.5, 0.6) is 0 Å². The van der Waals surface area contributed by atoms with E-state index in [-0.39, 0.29) is 11.8 Å². The number of aliphatic hydroxyl groups excluding tert-OH is 1. The van der Waals surface area contributed by atoms with Gasteiger partial charge in [-0.05, 0) is 19.9 Å². The lowest BCUT2D eigenvalue weighted by Gasteiger charge is -2.24. The van der Waals surface area contributed by atoms with Crippen LogP contribution in [0.2, 0.25) is 15.2 Å². The van der Waals surface area contributed by atoms with Crippen molar-refractivity contribution in [1.29, 1.82) is 0 Å². The van der Waals surface area contributed by atoms with Crippen molar-refractivity contribution in [3.63, 3.8) is 0 Å². The summed E-state index contributed by atoms with van der Waals surface area (Å²) in [5, 5.41) is 12.9. The zero-order chi connectivity index (χ0) is 11.6. The lowest BCUT2D eigenvalue weighted by Crippen LogP contribution is -2.35. The second-order valence-electron chi connectivity index (χ2n) is 3.76. The number of hydrogen-bond donors (Lipinski definition) is 2. The normalized spacial score (nSPS) is 11.6. The molecule has 0 bridgehead atoms. The molecule has 0 aliphatic heterocycles. The average Bonchev–Trinajstić information content (AvgIpc) is 2.14. The highest BCUT2D eigenvalue weighted by Gasteiger charge is 2.19. The molecule has 0 atom stereocenters. The van der Waals surface area contributed by atoms with Crippen LogP contribution in [0.4, 0.5) is 5.82 Å². The summed E-state index contributed by atoms with van der Waals surface area (Å²) in [7, 11) is 0. The van der Waals surface area contributed by atoms with Gasteiger partial charge >= 0.3 is 0 Å². The van der Waals surface area contributed by atoms with Crippen LogP contribution in [0.15, 0.2) is 6.07 Å². The Labute approximate surface area is 103 Å². The second-order valence-corrected chi connectivity index (χ2v) is 4.93. The van der Waals surface area contributed by atoms with Crippen molar-refractivity contribution in [3.8, 4) is 0 Å². The lowest BCUT2D eigenvalue weighted by atomic mass is 10.1. The van der Waals surface area contributed by atoms with E-state index < -0.39 is 5.54 Å². The summed E-state index contributed by atoms with van der Waals surface area (Å²) in [5.41, 5.74) is -0.520. The van der Waals surface area contributed by atoms with E-state index >= 15 is 0 Å². The fourth-order valence-corrected chi connectivity index (χ4v) is 1.44. The van der Waals surface area contributed by atoms with E-state index in [1.165, 1.54) is 6.07 Å². The van der Waals surface area contributed by atoms with Crippen LogP contribution in [0.3, 0.4) is 0 Å². The Bertz CT molecular complexity index is 369. The van der Waals surface area contributed by atoms with Crippen molar-refractivity contribution in [3.05, 3.63) is 21.3 Å². The van der Waals surface area contributed by atoms with E-state index in [0.29, 0.717) is 15.9 Å². The minimum atomic E-state index is -0.520. The van der Waals surface area contributed by atoms with Crippen molar-refractivity contribution in [1.82, 2.24) is 4.98 Å². The molecule has 1 aromatic heterocycles. The molecule has 1 rings (SSSR count). The quantitative estimate of drug-likeness (QED) is 0.828. The van der Waals surface area contributed by atoms with Gasteiger partial charge in [-0.1, -0.05) is 34.8 Å². The second kappa shape index (κ2) is 4.74. The third kappa shape index (κ3) is 3.38. The first-order chi connectivity index (χ1) is 6.85. The zero-order valence-electron chi connectivity index (χ0n) is 8.31. The Hall–Kier alpha value is -0.220. The summed E-state index contributed by atoms with van der Waals surface area (Å²) in [4.78, 5) is 3.98. The number of aliphatic hydroxyl groups is 1. The fraction of sp³-hybridized carbons (Fsp3) is 0.444. The van der Waals surface area contributed by atoms with Gasteiger partial charge in [0, 0.05) is 0 Å². The summed E-state index contributed by atoms with van der Waals surface area (Å²) in [6.07, 6.45) is 0. The topological polar surface area (TPSA) is 45.1 Å². The molecule has 0 amide bonds. The van der Waals surface area contributed by atoms with Gasteiger partial charge in [0.2, 0.25) is 0 Å². The van der Waals surface area contributed by atoms with Crippen LogP contribution >= 0.6 is 34.8 Å². The Morgan fingerprint density at radius 3 is 2.47 bits per heavy atom. The molecule has 0 fully saturated rings. The third-order valence-electron chi connectivity index (χ3n) is 1.74. The summed E-state index contributed by atoms with van der Waals surface area (Å²) in [6, 6.07) is 1.51. The van der Waals surface area contributed by atoms with Crippen molar-refractivity contribution in [2.24, 2.45) is 0 Å². The van der Waals surface area contributed by atoms with Crippen molar-refractivity contribution in [2.75, 3.05) is 11.9 Å². The minimum Gasteiger partial charge on any atom is -0.394 e. The van der Waals surface area contributed by atoms with Crippen molar-refractivity contribution in [2.45, 2.75) is 19.4 Å². The number of nitrogens with zero attached hydrogens (tertiary/aromatic N) is 1. The first-order valence-electron chi connectivity index (χ1n) is 4.26. The number of halogens is 3. The van der Waals surface area contributed by atoms with E-state index in [4.69, 9.17) is 39.9 Å². The van der Waals surface area contributed by atoms with Crippen LogP contribution in [0.1, 0.15) is 13.8 Å². The number of nitrogens with one attached hydrogen (secondary N) is 1. The molecule has 0 spiro atoms. The van der Waals surface area contributed by atoms with Gasteiger partial charge in [-0.3, -0.25) is 0 Å². The van der Waals surface area contributed by atoms with E-state index in [9.17, 15) is 0 Å². The number of hydrogen-bond acceptors (Lipinski definition) is 3. The molecule has 1 heterocycles. The summed E-state index contributed by atoms with van der Waals surface area (Å²) < 4.78 is 0. The van der Waals surface area contributed by atoms with Crippen LogP contribution in [0, 0.1) is 0 Å². The van der Waals surface area contributed by atoms with Gasteiger partial charge in [-0.2, -0.15) is 0 Å². The number of pyridine rings is 1. The maximum atomic E-state index is 9.08. The molecule has 84 valence electrons. The average molecular weight is 270 g/mol. The van der Waals surface area contributed by atoms with Gasteiger partial charge in [0.1, 0.15) is 11.0 Å². The Balaban J connectivity index is 3.01. The predicted octanol–water partition coefficient (Wildman–Crippen LogP) is 3.22. The van der Waals surface area contributed by atoms with Crippen molar-refractivity contribution < 1.29 is 5.11 Å². The largest absolute Gasteiger partial charge is 0.394 e. The highest BCUT2D eigenvalue weighted by Crippen LogP contribution is 2.30. The lowest BCUT2D eigenvalue weighted by molar-refractivity contribution is 0.234. The number of aromatic nitrogens is 1. The Morgan fingerprint density at radius 2 is 1.93 bits per heavy atom. The zero-order valence-corrected chi connectivity index (χ0v) is 10.6. The first-order valence-corrected chi connectivity index (χ1v) is 5.40. The van der Waals surface area contributed by atoms with E-state index in [2.05, 4.69) is 10.3 Å². The molecule has 0 saturated heterocycles. The first kappa shape index (κ1) is 12.8. The molecule has 0 unspecified atom stereocenters. The fourth-order valence-electron chi connectivity index (χ4n) is 0.892. The standard InChI is InChI=1S/C9H11Cl3N2O/c1-9(2,4-15)14-8-6(11)3-5(10)7(12)13-8/h3,15H,4H2,1-2H3,(H,13,14). The van der Waals surface area contributed by atoms with Gasteiger partial charge in [-0.15, -0.1) is 0 Å². The van der Waals surface area contributed by atoms with Crippen LogP contribution < -0.4 is 5.32 Å². The predicted molar refractivity (Wildman–Crippen MR) is 64.1 cm³/mol. The molecule has 3 nitrogen and oxygen atoms in total. The van der Waals surface area contributed by atoms with Gasteiger partial charge in [0.05, 0.1) is 22.2 Å². The Kier molecular flexibility index (Phi) is 4.06. The molecule has 0 saturated carbocycles. The highest BCUT2D eigenvalue weighted by atomic mass is 35.5. The molecule has 6 heteroatoms. The molecule has 2 N–H and O–H groups in total. The minimum absolute atomic E-state index is 0.0503. The van der Waals surface area contributed by atoms with Crippen LogP contribution in [0.25, 0.3) is 0 Å². The molecular weight excluding hydrogens is 258 g/mol. The van der Waals surface area contributed by atoms with Crippen molar-refractivity contribution >= 4 is 40.6 Å². The van der Waals surface area contributed by atoms with E-state index in [1.807, 2.05) is 13.8 Å². The third-order valence-corrected chi connectivity index (χ3v) is 2.70. The molecule has 0 aliphatic rings. The summed E-state index contributed by atoms with van der Waals surface area (Å²) in [5.74, 6) is 0.408. The van der Waals surface area contributed by atoms with Crippen LogP contribution in [-0.2, 0) is 0 Å². The molecule has 1 aromatic rings. The molecule has 0 aliphatic carbocycles. The maximum Gasteiger partial charge on any atom is 0.150 e. The summed E-state index contributed by atoms with van der Waals surface area (Å²) in [6.45, 7) is 3.58. The van der Waals surface area contributed by atoms with Gasteiger partial charge in [0.25, 0.3) is 0 Å². The molecular formula is C9H11Cl3N2O. The molecule has 15 heavy (non-hydrogen) atoms. The van der Waals surface area contributed by atoms with Gasteiger partial charge in [-0.25, -0.2) is 4.98 Å². The molecule has 0 aromatic carbocycles. The number of anilines is 1. The van der Waals surface area contributed by atoms with E-state index in [0.717, 1.165) is 0 Å². The number of rotatable bonds is 3. The maximum absolute atomic E-state index is 9.08. The van der Waals surface area contributed by atoms with Crippen LogP contribution in [-0.4, -0.2) is 22.2 Å². The monoisotopic (exact) mass is 268 g/mol. The SMILES string of the molecule is CC(C)(CO)Nc1nc(Cl)c(Cl)cc1Cl. The summed E-state index contributed by atoms with van der Waals surface area (Å²) >= 11 is 17.4. The van der Waals surface area contributed by atoms with E-state index in [1.54, 1.807) is 0 Å².